The molecule has 0 atom stereocenters. The van der Waals surface area contributed by atoms with Gasteiger partial charge >= 0.3 is 0 Å². The highest BCUT2D eigenvalue weighted by atomic mass is 32.1. The molecule has 0 radical (unpaired) electrons. The number of phenols is 1. The Labute approximate surface area is 78.5 Å². The van der Waals surface area contributed by atoms with Crippen LogP contribution in [-0.4, -0.2) is 10.2 Å². The van der Waals surface area contributed by atoms with Crippen LogP contribution in [0.5, 0.6) is 10.8 Å². The Bertz CT molecular complexity index is 395. The monoisotopic (exact) mass is 198 g/mol. The van der Waals surface area contributed by atoms with Gasteiger partial charge in [-0.2, -0.15) is 0 Å². The average molecular weight is 198 g/mol. The maximum absolute atomic E-state index is 9.27. The van der Waals surface area contributed by atoms with Crippen molar-refractivity contribution in [3.8, 4) is 10.8 Å². The van der Waals surface area contributed by atoms with Gasteiger partial charge in [-0.15, -0.1) is 12.6 Å². The Morgan fingerprint density at radius 1 is 1.17 bits per heavy atom. The quantitative estimate of drug-likeness (QED) is 0.569. The molecular formula is C8H6O2S2. The van der Waals surface area contributed by atoms with Gasteiger partial charge in [-0.1, -0.05) is 11.3 Å². The maximum atomic E-state index is 9.27. The minimum Gasteiger partial charge on any atom is -0.507 e. The minimum absolute atomic E-state index is 0.142. The number of thiophene rings is 1. The fraction of sp³-hybridized carbons (Fsp3) is 0. The van der Waals surface area contributed by atoms with Gasteiger partial charge in [-0.25, -0.2) is 0 Å². The van der Waals surface area contributed by atoms with Crippen LogP contribution in [0.4, 0.5) is 0 Å². The second-order valence-corrected chi connectivity index (χ2v) is 4.01. The summed E-state index contributed by atoms with van der Waals surface area (Å²) in [5.41, 5.74) is 0. The fourth-order valence-electron chi connectivity index (χ4n) is 1.05. The van der Waals surface area contributed by atoms with Gasteiger partial charge in [0, 0.05) is 15.0 Å². The number of hydrogen-bond acceptors (Lipinski definition) is 4. The lowest BCUT2D eigenvalue weighted by Crippen LogP contribution is -1.68. The van der Waals surface area contributed by atoms with Gasteiger partial charge < -0.3 is 10.2 Å². The van der Waals surface area contributed by atoms with Gasteiger partial charge in [0.25, 0.3) is 0 Å². The first-order valence-electron chi connectivity index (χ1n) is 3.31. The van der Waals surface area contributed by atoms with E-state index in [1.54, 1.807) is 18.2 Å². The van der Waals surface area contributed by atoms with Crippen molar-refractivity contribution in [1.29, 1.82) is 0 Å². The summed E-state index contributed by atoms with van der Waals surface area (Å²) in [7, 11) is 0. The molecule has 2 N–H and O–H groups in total. The second-order valence-electron chi connectivity index (χ2n) is 2.46. The summed E-state index contributed by atoms with van der Waals surface area (Å²) in [5.74, 6) is 0.142. The number of rotatable bonds is 0. The molecule has 0 unspecified atom stereocenters. The van der Waals surface area contributed by atoms with Crippen molar-refractivity contribution in [2.24, 2.45) is 0 Å². The molecule has 62 valence electrons. The topological polar surface area (TPSA) is 40.5 Å². The molecule has 0 amide bonds. The van der Waals surface area contributed by atoms with Gasteiger partial charge in [0.15, 0.2) is 5.06 Å². The molecule has 0 saturated carbocycles. The highest BCUT2D eigenvalue weighted by molar-refractivity contribution is 7.80. The predicted octanol–water partition coefficient (Wildman–Crippen LogP) is 2.60. The van der Waals surface area contributed by atoms with Gasteiger partial charge in [0.1, 0.15) is 5.75 Å². The van der Waals surface area contributed by atoms with E-state index in [0.29, 0.717) is 4.90 Å². The van der Waals surface area contributed by atoms with Crippen LogP contribution in [0.25, 0.3) is 10.1 Å². The summed E-state index contributed by atoms with van der Waals surface area (Å²) in [4.78, 5) is 0.532. The van der Waals surface area contributed by atoms with Crippen molar-refractivity contribution < 1.29 is 10.2 Å². The van der Waals surface area contributed by atoms with Crippen LogP contribution in [0.1, 0.15) is 0 Å². The summed E-state index contributed by atoms with van der Waals surface area (Å²) in [6.07, 6.45) is 0. The smallest absolute Gasteiger partial charge is 0.172 e. The number of phenolic OH excluding ortho intramolecular Hbond substituents is 1. The van der Waals surface area contributed by atoms with E-state index in [9.17, 15) is 5.11 Å². The largest absolute Gasteiger partial charge is 0.507 e. The molecular weight excluding hydrogens is 192 g/mol. The zero-order valence-electron chi connectivity index (χ0n) is 5.98. The van der Waals surface area contributed by atoms with Crippen LogP contribution in [0, 0.1) is 0 Å². The van der Waals surface area contributed by atoms with E-state index >= 15 is 0 Å². The first kappa shape index (κ1) is 7.76. The van der Waals surface area contributed by atoms with Crippen LogP contribution in [0.15, 0.2) is 23.1 Å². The van der Waals surface area contributed by atoms with Gasteiger partial charge in [-0.3, -0.25) is 0 Å². The molecule has 0 saturated heterocycles. The summed E-state index contributed by atoms with van der Waals surface area (Å²) >= 11 is 5.33. The minimum atomic E-state index is 0.142. The molecule has 0 bridgehead atoms. The zero-order valence-corrected chi connectivity index (χ0v) is 7.69. The van der Waals surface area contributed by atoms with Crippen molar-refractivity contribution in [3.05, 3.63) is 18.2 Å². The van der Waals surface area contributed by atoms with Crippen molar-refractivity contribution in [3.63, 3.8) is 0 Å². The lowest BCUT2D eigenvalue weighted by atomic mass is 10.2. The van der Waals surface area contributed by atoms with Gasteiger partial charge in [0.05, 0.1) is 0 Å². The number of benzene rings is 1. The Balaban J connectivity index is 2.83. The molecule has 1 heterocycles. The van der Waals surface area contributed by atoms with Crippen molar-refractivity contribution in [2.45, 2.75) is 4.90 Å². The standard InChI is InChI=1S/C8H6O2S2/c9-5-1-4-2-8(10)12-7(4)3-6(5)11/h1-3,9-11H. The molecule has 1 aromatic heterocycles. The third-order valence-corrected chi connectivity index (χ3v) is 2.86. The number of hydrogen-bond donors (Lipinski definition) is 3. The first-order chi connectivity index (χ1) is 5.66. The molecule has 2 aromatic rings. The SMILES string of the molecule is Oc1cc2cc(O)c(S)cc2s1. The van der Waals surface area contributed by atoms with E-state index in [-0.39, 0.29) is 10.8 Å². The molecule has 12 heavy (non-hydrogen) atoms. The maximum Gasteiger partial charge on any atom is 0.172 e. The lowest BCUT2D eigenvalue weighted by Gasteiger charge is -1.95. The van der Waals surface area contributed by atoms with E-state index in [1.165, 1.54) is 11.3 Å². The van der Waals surface area contributed by atoms with Crippen LogP contribution in [0.3, 0.4) is 0 Å². The second kappa shape index (κ2) is 2.57. The highest BCUT2D eigenvalue weighted by Gasteiger charge is 2.03. The molecule has 0 aliphatic heterocycles. The van der Waals surface area contributed by atoms with Crippen molar-refractivity contribution in [2.75, 3.05) is 0 Å². The first-order valence-corrected chi connectivity index (χ1v) is 4.57. The number of aromatic hydroxyl groups is 2. The van der Waals surface area contributed by atoms with E-state index in [1.807, 2.05) is 0 Å². The van der Waals surface area contributed by atoms with Crippen molar-refractivity contribution >= 4 is 34.1 Å². The molecule has 4 heteroatoms. The van der Waals surface area contributed by atoms with Gasteiger partial charge in [-0.05, 0) is 18.2 Å². The predicted molar refractivity (Wildman–Crippen MR) is 52.4 cm³/mol. The molecule has 0 aliphatic rings. The lowest BCUT2D eigenvalue weighted by molar-refractivity contribution is 0.464. The fourth-order valence-corrected chi connectivity index (χ4v) is 2.15. The molecule has 0 spiro atoms. The third kappa shape index (κ3) is 1.13. The van der Waals surface area contributed by atoms with Crippen molar-refractivity contribution in [1.82, 2.24) is 0 Å². The summed E-state index contributed by atoms with van der Waals surface area (Å²) in [6.45, 7) is 0. The molecule has 0 aliphatic carbocycles. The van der Waals surface area contributed by atoms with E-state index in [0.717, 1.165) is 10.1 Å². The van der Waals surface area contributed by atoms with Gasteiger partial charge in [0.2, 0.25) is 0 Å². The van der Waals surface area contributed by atoms with Crippen LogP contribution in [0.2, 0.25) is 0 Å². The molecule has 0 fully saturated rings. The zero-order chi connectivity index (χ0) is 8.72. The summed E-state index contributed by atoms with van der Waals surface area (Å²) in [5, 5.41) is 19.5. The molecule has 2 rings (SSSR count). The Kier molecular flexibility index (Phi) is 1.66. The molecule has 2 nitrogen and oxygen atoms in total. The van der Waals surface area contributed by atoms with Crippen LogP contribution < -0.4 is 0 Å². The summed E-state index contributed by atoms with van der Waals surface area (Å²) in [6, 6.07) is 4.94. The Hall–Kier alpha value is -0.870. The third-order valence-electron chi connectivity index (χ3n) is 1.60. The number of fused-ring (bicyclic) bond motifs is 1. The van der Waals surface area contributed by atoms with E-state index < -0.39 is 0 Å². The summed E-state index contributed by atoms with van der Waals surface area (Å²) < 4.78 is 0.926. The Morgan fingerprint density at radius 2 is 1.92 bits per heavy atom. The van der Waals surface area contributed by atoms with Crippen LogP contribution in [-0.2, 0) is 0 Å². The highest BCUT2D eigenvalue weighted by Crippen LogP contribution is 2.35. The Morgan fingerprint density at radius 3 is 2.67 bits per heavy atom. The normalized spacial score (nSPS) is 10.8. The van der Waals surface area contributed by atoms with Crippen LogP contribution >= 0.6 is 24.0 Å². The van der Waals surface area contributed by atoms with E-state index in [2.05, 4.69) is 12.6 Å². The molecule has 1 aromatic carbocycles. The van der Waals surface area contributed by atoms with E-state index in [4.69, 9.17) is 5.11 Å². The average Bonchev–Trinajstić information content (AvgIpc) is 2.30. The number of thiol groups is 1.